The van der Waals surface area contributed by atoms with Crippen LogP contribution in [0.2, 0.25) is 0 Å². The van der Waals surface area contributed by atoms with E-state index in [4.69, 9.17) is 4.74 Å². The Kier molecular flexibility index (Phi) is 3.28. The summed E-state index contributed by atoms with van der Waals surface area (Å²) >= 11 is 0. The quantitative estimate of drug-likeness (QED) is 0.721. The molecular weight excluding hydrogens is 264 g/mol. The fourth-order valence-corrected chi connectivity index (χ4v) is 5.98. The fourth-order valence-electron chi connectivity index (χ4n) is 5.98. The molecule has 0 amide bonds. The van der Waals surface area contributed by atoms with E-state index < -0.39 is 12.2 Å². The molecule has 0 spiro atoms. The normalized spacial score (nSPS) is 52.2. The molecule has 3 heteroatoms. The van der Waals surface area contributed by atoms with Crippen molar-refractivity contribution in [3.63, 3.8) is 0 Å². The van der Waals surface area contributed by atoms with Gasteiger partial charge in [0.1, 0.15) is 5.60 Å². The minimum atomic E-state index is -0.629. The molecule has 0 saturated heterocycles. The Morgan fingerprint density at radius 2 is 1.81 bits per heavy atom. The van der Waals surface area contributed by atoms with Gasteiger partial charge in [0, 0.05) is 5.92 Å². The lowest BCUT2D eigenvalue weighted by Crippen LogP contribution is -2.64. The zero-order valence-electron chi connectivity index (χ0n) is 14.0. The standard InChI is InChI=1S/C18H30O3/c1-11-6-7-14-17(4)10-12(19)15(20)16(2,3)13(17)8-9-18(14,5)21-11/h6,12-15,19-20H,7-10H2,1-5H3/t12-,13?,14+,15-,17-,18+/m0/s1. The summed E-state index contributed by atoms with van der Waals surface area (Å²) in [5.74, 6) is 1.87. The summed E-state index contributed by atoms with van der Waals surface area (Å²) in [6.45, 7) is 10.8. The number of hydrogen-bond donors (Lipinski definition) is 2. The molecule has 1 unspecified atom stereocenters. The van der Waals surface area contributed by atoms with E-state index >= 15 is 0 Å². The van der Waals surface area contributed by atoms with Gasteiger partial charge in [-0.25, -0.2) is 0 Å². The predicted octanol–water partition coefficient (Wildman–Crippen LogP) is 3.25. The molecule has 2 N–H and O–H groups in total. The topological polar surface area (TPSA) is 49.7 Å². The van der Waals surface area contributed by atoms with Crippen LogP contribution in [-0.2, 0) is 4.74 Å². The summed E-state index contributed by atoms with van der Waals surface area (Å²) in [6.07, 6.45) is 4.75. The SMILES string of the molecule is CC1=CC[C@H]2[C@@](C)(CCC3C(C)(C)[C@@H](O)[C@@H](O)C[C@@]32C)O1. The zero-order valence-corrected chi connectivity index (χ0v) is 14.0. The van der Waals surface area contributed by atoms with Crippen LogP contribution in [0.3, 0.4) is 0 Å². The molecule has 3 nitrogen and oxygen atoms in total. The molecule has 120 valence electrons. The molecular formula is C18H30O3. The van der Waals surface area contributed by atoms with E-state index in [2.05, 4.69) is 33.8 Å². The van der Waals surface area contributed by atoms with Crippen LogP contribution in [0.4, 0.5) is 0 Å². The van der Waals surface area contributed by atoms with Crippen LogP contribution in [0, 0.1) is 22.7 Å². The smallest absolute Gasteiger partial charge is 0.109 e. The largest absolute Gasteiger partial charge is 0.492 e. The maximum atomic E-state index is 10.5. The second-order valence-corrected chi connectivity index (χ2v) is 8.65. The van der Waals surface area contributed by atoms with Gasteiger partial charge in [-0.3, -0.25) is 0 Å². The summed E-state index contributed by atoms with van der Waals surface area (Å²) in [5.41, 5.74) is -0.349. The van der Waals surface area contributed by atoms with E-state index in [1.165, 1.54) is 0 Å². The van der Waals surface area contributed by atoms with Crippen LogP contribution in [-0.4, -0.2) is 28.0 Å². The van der Waals surface area contributed by atoms with Crippen LogP contribution < -0.4 is 0 Å². The third-order valence-corrected chi connectivity index (χ3v) is 6.97. The van der Waals surface area contributed by atoms with Crippen molar-refractivity contribution in [3.05, 3.63) is 11.8 Å². The lowest BCUT2D eigenvalue weighted by atomic mass is 9.44. The first kappa shape index (κ1) is 15.4. The molecule has 3 rings (SSSR count). The molecule has 0 aromatic heterocycles. The number of allylic oxidation sites excluding steroid dienone is 2. The highest BCUT2D eigenvalue weighted by Gasteiger charge is 2.63. The first-order valence-corrected chi connectivity index (χ1v) is 8.33. The summed E-state index contributed by atoms with van der Waals surface area (Å²) in [7, 11) is 0. The van der Waals surface area contributed by atoms with Crippen LogP contribution in [0.25, 0.3) is 0 Å². The molecule has 1 heterocycles. The van der Waals surface area contributed by atoms with Crippen LogP contribution >= 0.6 is 0 Å². The maximum Gasteiger partial charge on any atom is 0.109 e. The molecule has 3 aliphatic rings. The third-order valence-electron chi connectivity index (χ3n) is 6.97. The van der Waals surface area contributed by atoms with E-state index in [0.717, 1.165) is 25.0 Å². The molecule has 1 aliphatic heterocycles. The average Bonchev–Trinajstić information content (AvgIpc) is 2.34. The maximum absolute atomic E-state index is 10.5. The number of aliphatic hydroxyl groups excluding tert-OH is 2. The van der Waals surface area contributed by atoms with Gasteiger partial charge in [-0.05, 0) is 62.4 Å². The van der Waals surface area contributed by atoms with Crippen molar-refractivity contribution in [1.29, 1.82) is 0 Å². The molecule has 0 aromatic rings. The highest BCUT2D eigenvalue weighted by Crippen LogP contribution is 2.64. The van der Waals surface area contributed by atoms with Crippen molar-refractivity contribution < 1.29 is 14.9 Å². The van der Waals surface area contributed by atoms with Crippen LogP contribution in [0.1, 0.15) is 60.3 Å². The third kappa shape index (κ3) is 2.00. The van der Waals surface area contributed by atoms with Gasteiger partial charge in [0.25, 0.3) is 0 Å². The Hall–Kier alpha value is -0.540. The lowest BCUT2D eigenvalue weighted by Gasteiger charge is -2.64. The molecule has 0 bridgehead atoms. The molecule has 2 fully saturated rings. The Morgan fingerprint density at radius 3 is 2.48 bits per heavy atom. The fraction of sp³-hybridized carbons (Fsp3) is 0.889. The second kappa shape index (κ2) is 4.48. The van der Waals surface area contributed by atoms with E-state index in [1.807, 2.05) is 6.92 Å². The Morgan fingerprint density at radius 1 is 1.14 bits per heavy atom. The predicted molar refractivity (Wildman–Crippen MR) is 82.6 cm³/mol. The lowest BCUT2D eigenvalue weighted by molar-refractivity contribution is -0.232. The van der Waals surface area contributed by atoms with Crippen molar-refractivity contribution in [3.8, 4) is 0 Å². The van der Waals surface area contributed by atoms with Crippen molar-refractivity contribution in [2.24, 2.45) is 22.7 Å². The van der Waals surface area contributed by atoms with Gasteiger partial charge >= 0.3 is 0 Å². The van der Waals surface area contributed by atoms with Crippen molar-refractivity contribution >= 4 is 0 Å². The van der Waals surface area contributed by atoms with E-state index in [0.29, 0.717) is 18.3 Å². The number of ether oxygens (including phenoxy) is 1. The Balaban J connectivity index is 2.03. The van der Waals surface area contributed by atoms with Gasteiger partial charge in [-0.15, -0.1) is 0 Å². The summed E-state index contributed by atoms with van der Waals surface area (Å²) in [4.78, 5) is 0. The molecule has 2 saturated carbocycles. The highest BCUT2D eigenvalue weighted by atomic mass is 16.5. The molecule has 2 aliphatic carbocycles. The summed E-state index contributed by atoms with van der Waals surface area (Å²) in [5, 5.41) is 20.9. The first-order valence-electron chi connectivity index (χ1n) is 8.33. The minimum absolute atomic E-state index is 0.0202. The van der Waals surface area contributed by atoms with Crippen molar-refractivity contribution in [1.82, 2.24) is 0 Å². The number of aliphatic hydroxyl groups is 2. The number of rotatable bonds is 0. The minimum Gasteiger partial charge on any atom is -0.492 e. The van der Waals surface area contributed by atoms with Crippen LogP contribution in [0.15, 0.2) is 11.8 Å². The number of hydrogen-bond acceptors (Lipinski definition) is 3. The Labute approximate surface area is 128 Å². The Bertz CT molecular complexity index is 469. The zero-order chi connectivity index (χ0) is 15.6. The molecule has 0 radical (unpaired) electrons. The van der Waals surface area contributed by atoms with Crippen molar-refractivity contribution in [2.75, 3.05) is 0 Å². The van der Waals surface area contributed by atoms with Crippen LogP contribution in [0.5, 0.6) is 0 Å². The highest BCUT2D eigenvalue weighted by molar-refractivity contribution is 5.16. The first-order chi connectivity index (χ1) is 9.61. The monoisotopic (exact) mass is 294 g/mol. The van der Waals surface area contributed by atoms with Gasteiger partial charge in [-0.2, -0.15) is 0 Å². The van der Waals surface area contributed by atoms with Gasteiger partial charge < -0.3 is 14.9 Å². The van der Waals surface area contributed by atoms with Gasteiger partial charge in [0.2, 0.25) is 0 Å². The second-order valence-electron chi connectivity index (χ2n) is 8.65. The van der Waals surface area contributed by atoms with Crippen molar-refractivity contribution in [2.45, 2.75) is 78.1 Å². The van der Waals surface area contributed by atoms with Gasteiger partial charge in [0.15, 0.2) is 0 Å². The average molecular weight is 294 g/mol. The summed E-state index contributed by atoms with van der Waals surface area (Å²) in [6, 6.07) is 0. The van der Waals surface area contributed by atoms with E-state index in [9.17, 15) is 10.2 Å². The molecule has 21 heavy (non-hydrogen) atoms. The number of fused-ring (bicyclic) bond motifs is 3. The molecule has 0 aromatic carbocycles. The molecule has 6 atom stereocenters. The van der Waals surface area contributed by atoms with Gasteiger partial charge in [-0.1, -0.05) is 20.8 Å². The summed E-state index contributed by atoms with van der Waals surface area (Å²) < 4.78 is 6.24. The van der Waals surface area contributed by atoms with E-state index in [1.54, 1.807) is 0 Å². The van der Waals surface area contributed by atoms with Gasteiger partial charge in [0.05, 0.1) is 18.0 Å². The van der Waals surface area contributed by atoms with E-state index in [-0.39, 0.29) is 16.4 Å².